The molecule has 1 saturated heterocycles. The molecule has 0 aliphatic carbocycles. The number of methoxy groups -OCH3 is 1. The molecule has 33 heavy (non-hydrogen) atoms. The van der Waals surface area contributed by atoms with E-state index in [-0.39, 0.29) is 40.3 Å². The summed E-state index contributed by atoms with van der Waals surface area (Å²) in [5.41, 5.74) is 0.715. The predicted octanol–water partition coefficient (Wildman–Crippen LogP) is 2.69. The van der Waals surface area contributed by atoms with Gasteiger partial charge in [-0.25, -0.2) is 13.2 Å². The molecule has 1 fully saturated rings. The van der Waals surface area contributed by atoms with Crippen LogP contribution in [-0.2, 0) is 19.5 Å². The molecule has 2 heterocycles. The van der Waals surface area contributed by atoms with Crippen molar-refractivity contribution >= 4 is 44.2 Å². The van der Waals surface area contributed by atoms with Crippen LogP contribution in [0.4, 0.5) is 15.5 Å². The van der Waals surface area contributed by atoms with Crippen molar-refractivity contribution in [3.63, 3.8) is 0 Å². The van der Waals surface area contributed by atoms with E-state index in [9.17, 15) is 18.0 Å². The van der Waals surface area contributed by atoms with Crippen LogP contribution in [0.15, 0.2) is 23.1 Å². The van der Waals surface area contributed by atoms with Gasteiger partial charge in [0.2, 0.25) is 10.0 Å². The third kappa shape index (κ3) is 5.79. The van der Waals surface area contributed by atoms with Gasteiger partial charge in [0.25, 0.3) is 5.91 Å². The molecule has 1 aliphatic rings. The molecule has 1 aromatic heterocycles. The van der Waals surface area contributed by atoms with Crippen molar-refractivity contribution in [2.45, 2.75) is 31.8 Å². The van der Waals surface area contributed by atoms with E-state index >= 15 is 0 Å². The van der Waals surface area contributed by atoms with E-state index in [0.717, 1.165) is 11.5 Å². The van der Waals surface area contributed by atoms with Crippen molar-refractivity contribution in [1.29, 1.82) is 0 Å². The fourth-order valence-corrected chi connectivity index (χ4v) is 5.33. The van der Waals surface area contributed by atoms with Gasteiger partial charge < -0.3 is 19.5 Å². The molecule has 0 atom stereocenters. The minimum Gasteiger partial charge on any atom is -0.489 e. The number of carbonyl (C=O) groups excluding carboxylic acids is 2. The van der Waals surface area contributed by atoms with Crippen LogP contribution in [0.1, 0.15) is 29.9 Å². The Kier molecular flexibility index (Phi) is 7.89. The number of amides is 2. The second kappa shape index (κ2) is 10.5. The number of sulfonamides is 1. The van der Waals surface area contributed by atoms with Gasteiger partial charge in [0.05, 0.1) is 48.3 Å². The Morgan fingerprint density at radius 3 is 2.55 bits per heavy atom. The number of aromatic nitrogens is 1. The number of nitrogens with one attached hydrogen (secondary N) is 2. The van der Waals surface area contributed by atoms with E-state index in [1.165, 1.54) is 29.6 Å². The molecular weight excluding hydrogens is 472 g/mol. The van der Waals surface area contributed by atoms with E-state index in [2.05, 4.69) is 19.7 Å². The maximum absolute atomic E-state index is 13.1. The van der Waals surface area contributed by atoms with Crippen LogP contribution in [0, 0.1) is 6.92 Å². The van der Waals surface area contributed by atoms with Gasteiger partial charge in [0.15, 0.2) is 0 Å². The summed E-state index contributed by atoms with van der Waals surface area (Å²) >= 11 is 0.931. The molecule has 1 aliphatic heterocycles. The Balaban J connectivity index is 1.96. The molecule has 0 bridgehead atoms. The van der Waals surface area contributed by atoms with Crippen LogP contribution >= 0.6 is 11.5 Å². The summed E-state index contributed by atoms with van der Waals surface area (Å²) in [6.07, 6.45) is -0.960. The summed E-state index contributed by atoms with van der Waals surface area (Å²) < 4.78 is 47.3. The molecular formula is C20H26N4O7S2. The number of hydrogen-bond acceptors (Lipinski definition) is 9. The molecule has 2 aromatic rings. The van der Waals surface area contributed by atoms with Crippen molar-refractivity contribution in [2.75, 3.05) is 44.0 Å². The molecule has 0 radical (unpaired) electrons. The van der Waals surface area contributed by atoms with Crippen molar-refractivity contribution < 1.29 is 32.2 Å². The van der Waals surface area contributed by atoms with E-state index in [1.54, 1.807) is 6.92 Å². The van der Waals surface area contributed by atoms with Crippen molar-refractivity contribution in [3.05, 3.63) is 29.5 Å². The lowest BCUT2D eigenvalue weighted by atomic mass is 10.2. The number of carbonyl (C=O) groups is 2. The molecule has 11 nitrogen and oxygen atoms in total. The van der Waals surface area contributed by atoms with Crippen molar-refractivity contribution in [1.82, 2.24) is 8.68 Å². The van der Waals surface area contributed by atoms with E-state index in [4.69, 9.17) is 9.47 Å². The molecule has 13 heteroatoms. The lowest BCUT2D eigenvalue weighted by molar-refractivity contribution is 0.0730. The normalized spacial score (nSPS) is 14.7. The Hall–Kier alpha value is -2.74. The number of aryl methyl sites for hydroxylation is 1. The predicted molar refractivity (Wildman–Crippen MR) is 123 cm³/mol. The first-order chi connectivity index (χ1) is 15.6. The minimum atomic E-state index is -3.79. The second-order valence-electron chi connectivity index (χ2n) is 7.38. The SMILES string of the molecule is COC(=O)Nc1snc(C)c1C(=O)Nc1cc(S(=O)(=O)N2CCOCC2)ccc1OC(C)C. The summed E-state index contributed by atoms with van der Waals surface area (Å²) in [5, 5.41) is 5.38. The van der Waals surface area contributed by atoms with Crippen molar-refractivity contribution in [2.24, 2.45) is 0 Å². The average Bonchev–Trinajstić information content (AvgIpc) is 3.14. The zero-order valence-corrected chi connectivity index (χ0v) is 20.3. The van der Waals surface area contributed by atoms with Gasteiger partial charge in [0.1, 0.15) is 10.8 Å². The smallest absolute Gasteiger partial charge is 0.412 e. The highest BCUT2D eigenvalue weighted by atomic mass is 32.2. The maximum Gasteiger partial charge on any atom is 0.412 e. The highest BCUT2D eigenvalue weighted by molar-refractivity contribution is 7.89. The van der Waals surface area contributed by atoms with Gasteiger partial charge >= 0.3 is 6.09 Å². The third-order valence-electron chi connectivity index (χ3n) is 4.66. The topological polar surface area (TPSA) is 136 Å². The Morgan fingerprint density at radius 1 is 1.21 bits per heavy atom. The molecule has 2 amide bonds. The van der Waals surface area contributed by atoms with Crippen LogP contribution in [0.3, 0.4) is 0 Å². The standard InChI is InChI=1S/C20H26N4O7S2/c1-12(2)31-16-6-5-14(33(27,28)24-7-9-30-10-8-24)11-15(16)21-18(25)17-13(3)23-32-19(17)22-20(26)29-4/h5-6,11-12H,7-10H2,1-4H3,(H,21,25)(H,22,26). The lowest BCUT2D eigenvalue weighted by Crippen LogP contribution is -2.40. The van der Waals surface area contributed by atoms with Crippen LogP contribution in [0.25, 0.3) is 0 Å². The van der Waals surface area contributed by atoms with Gasteiger partial charge in [-0.05, 0) is 50.5 Å². The molecule has 0 saturated carbocycles. The average molecular weight is 499 g/mol. The van der Waals surface area contributed by atoms with Gasteiger partial charge in [0, 0.05) is 13.1 Å². The van der Waals surface area contributed by atoms with Crippen LogP contribution < -0.4 is 15.4 Å². The number of hydrogen-bond donors (Lipinski definition) is 2. The minimum absolute atomic E-state index is 0.0175. The molecule has 180 valence electrons. The van der Waals surface area contributed by atoms with Crippen molar-refractivity contribution in [3.8, 4) is 5.75 Å². The zero-order chi connectivity index (χ0) is 24.2. The Bertz CT molecular complexity index is 1130. The summed E-state index contributed by atoms with van der Waals surface area (Å²) in [4.78, 5) is 24.8. The first-order valence-corrected chi connectivity index (χ1v) is 12.4. The highest BCUT2D eigenvalue weighted by Gasteiger charge is 2.28. The van der Waals surface area contributed by atoms with E-state index < -0.39 is 22.0 Å². The van der Waals surface area contributed by atoms with E-state index in [0.29, 0.717) is 24.7 Å². The number of benzene rings is 1. The zero-order valence-electron chi connectivity index (χ0n) is 18.7. The first-order valence-electron chi connectivity index (χ1n) is 10.1. The molecule has 3 rings (SSSR count). The second-order valence-corrected chi connectivity index (χ2v) is 10.1. The first kappa shape index (κ1) is 24.9. The largest absolute Gasteiger partial charge is 0.489 e. The quantitative estimate of drug-likeness (QED) is 0.595. The van der Waals surface area contributed by atoms with Gasteiger partial charge in [-0.3, -0.25) is 10.1 Å². The molecule has 0 spiro atoms. The summed E-state index contributed by atoms with van der Waals surface area (Å²) in [6.45, 7) is 6.38. The van der Waals surface area contributed by atoms with E-state index in [1.807, 2.05) is 13.8 Å². The molecule has 2 N–H and O–H groups in total. The number of rotatable bonds is 7. The molecule has 1 aromatic carbocycles. The Morgan fingerprint density at radius 2 is 1.91 bits per heavy atom. The number of ether oxygens (including phenoxy) is 3. The fraction of sp³-hybridized carbons (Fsp3) is 0.450. The Labute approximate surface area is 196 Å². The summed E-state index contributed by atoms with van der Waals surface area (Å²) in [7, 11) is -2.59. The van der Waals surface area contributed by atoms with Gasteiger partial charge in [-0.2, -0.15) is 8.68 Å². The number of morpholine rings is 1. The fourth-order valence-electron chi connectivity index (χ4n) is 3.11. The van der Waals surface area contributed by atoms with Gasteiger partial charge in [-0.15, -0.1) is 0 Å². The highest BCUT2D eigenvalue weighted by Crippen LogP contribution is 2.32. The third-order valence-corrected chi connectivity index (χ3v) is 7.41. The lowest BCUT2D eigenvalue weighted by Gasteiger charge is -2.26. The summed E-state index contributed by atoms with van der Waals surface area (Å²) in [6, 6.07) is 4.32. The number of anilines is 2. The molecule has 0 unspecified atom stereocenters. The monoisotopic (exact) mass is 498 g/mol. The maximum atomic E-state index is 13.1. The van der Waals surface area contributed by atoms with Crippen LogP contribution in [-0.4, -0.2) is 68.6 Å². The number of nitrogens with zero attached hydrogens (tertiary/aromatic N) is 2. The van der Waals surface area contributed by atoms with Crippen LogP contribution in [0.5, 0.6) is 5.75 Å². The van der Waals surface area contributed by atoms with Crippen LogP contribution in [0.2, 0.25) is 0 Å². The van der Waals surface area contributed by atoms with Gasteiger partial charge in [-0.1, -0.05) is 0 Å². The summed E-state index contributed by atoms with van der Waals surface area (Å²) in [5.74, 6) is -0.273.